The molecule has 7 nitrogen and oxygen atoms in total. The van der Waals surface area contributed by atoms with Crippen LogP contribution in [0.15, 0.2) is 24.3 Å². The molecule has 116 valence electrons. The number of hydrogen-bond acceptors (Lipinski definition) is 7. The number of ether oxygens (including phenoxy) is 2. The number of carbonyl (C=O) groups excluding carboxylic acids is 1. The van der Waals surface area contributed by atoms with E-state index in [0.29, 0.717) is 11.3 Å². The Balaban J connectivity index is 2.08. The van der Waals surface area contributed by atoms with E-state index >= 15 is 0 Å². The molecule has 0 unspecified atom stereocenters. The lowest BCUT2D eigenvalue weighted by Gasteiger charge is -2.39. The Morgan fingerprint density at radius 3 is 2.29 bits per heavy atom. The summed E-state index contributed by atoms with van der Waals surface area (Å²) in [7, 11) is 0. The lowest BCUT2D eigenvalue weighted by Crippen LogP contribution is -2.60. The summed E-state index contributed by atoms with van der Waals surface area (Å²) in [4.78, 5) is 11.2. The molecule has 0 saturated carbocycles. The van der Waals surface area contributed by atoms with E-state index in [-0.39, 0.29) is 5.78 Å². The van der Waals surface area contributed by atoms with Crippen LogP contribution in [0.3, 0.4) is 0 Å². The van der Waals surface area contributed by atoms with Crippen molar-refractivity contribution in [3.05, 3.63) is 29.8 Å². The zero-order valence-electron chi connectivity index (χ0n) is 11.4. The second kappa shape index (κ2) is 6.50. The van der Waals surface area contributed by atoms with Crippen molar-refractivity contribution in [3.8, 4) is 5.75 Å². The van der Waals surface area contributed by atoms with Gasteiger partial charge in [-0.25, -0.2) is 0 Å². The third-order valence-corrected chi connectivity index (χ3v) is 3.36. The molecule has 0 bridgehead atoms. The van der Waals surface area contributed by atoms with Gasteiger partial charge in [0.2, 0.25) is 6.29 Å². The second-order valence-corrected chi connectivity index (χ2v) is 4.90. The lowest BCUT2D eigenvalue weighted by atomic mass is 9.99. The minimum Gasteiger partial charge on any atom is -0.462 e. The van der Waals surface area contributed by atoms with Crippen molar-refractivity contribution < 1.29 is 34.7 Å². The molecule has 21 heavy (non-hydrogen) atoms. The van der Waals surface area contributed by atoms with Gasteiger partial charge in [0, 0.05) is 5.56 Å². The molecule has 7 heteroatoms. The fourth-order valence-electron chi connectivity index (χ4n) is 2.07. The number of rotatable bonds is 4. The van der Waals surface area contributed by atoms with Crippen molar-refractivity contribution in [2.24, 2.45) is 0 Å². The van der Waals surface area contributed by atoms with Crippen molar-refractivity contribution in [1.82, 2.24) is 0 Å². The van der Waals surface area contributed by atoms with Crippen LogP contribution in [0.4, 0.5) is 0 Å². The zero-order chi connectivity index (χ0) is 15.6. The van der Waals surface area contributed by atoms with Gasteiger partial charge in [0.1, 0.15) is 30.2 Å². The molecular weight excluding hydrogens is 280 g/mol. The molecule has 1 aliphatic rings. The van der Waals surface area contributed by atoms with Gasteiger partial charge in [-0.05, 0) is 31.2 Å². The third kappa shape index (κ3) is 3.39. The zero-order valence-corrected chi connectivity index (χ0v) is 11.4. The Hall–Kier alpha value is -1.51. The Labute approximate surface area is 121 Å². The Morgan fingerprint density at radius 2 is 1.76 bits per heavy atom. The second-order valence-electron chi connectivity index (χ2n) is 4.90. The molecule has 0 amide bonds. The van der Waals surface area contributed by atoms with Crippen LogP contribution in [0, 0.1) is 0 Å². The highest BCUT2D eigenvalue weighted by atomic mass is 16.7. The standard InChI is InChI=1S/C14H18O7/c1-7(16)8-2-4-9(5-3-8)20-14-13(19)12(18)11(17)10(6-15)21-14/h2-5,10-15,17-19H,6H2,1H3/t10-,11+,12-,13+,14+/m0/s1. The van der Waals surface area contributed by atoms with Crippen molar-refractivity contribution in [1.29, 1.82) is 0 Å². The van der Waals surface area contributed by atoms with Crippen molar-refractivity contribution in [3.63, 3.8) is 0 Å². The van der Waals surface area contributed by atoms with Crippen LogP contribution in [0.1, 0.15) is 17.3 Å². The summed E-state index contributed by atoms with van der Waals surface area (Å²) in [6.07, 6.45) is -6.63. The smallest absolute Gasteiger partial charge is 0.229 e. The molecule has 2 rings (SSSR count). The van der Waals surface area contributed by atoms with Crippen molar-refractivity contribution in [2.45, 2.75) is 37.6 Å². The summed E-state index contributed by atoms with van der Waals surface area (Å²) < 4.78 is 10.6. The molecule has 1 heterocycles. The molecule has 1 aromatic carbocycles. The molecule has 0 aliphatic carbocycles. The summed E-state index contributed by atoms with van der Waals surface area (Å²) in [6.45, 7) is 0.918. The lowest BCUT2D eigenvalue weighted by molar-refractivity contribution is -0.277. The number of Topliss-reactive ketones (excluding diaryl/α,β-unsaturated/α-hetero) is 1. The van der Waals surface area contributed by atoms with E-state index in [1.54, 1.807) is 12.1 Å². The van der Waals surface area contributed by atoms with Crippen LogP contribution >= 0.6 is 0 Å². The first-order valence-electron chi connectivity index (χ1n) is 6.52. The number of hydrogen-bond donors (Lipinski definition) is 4. The highest BCUT2D eigenvalue weighted by Crippen LogP contribution is 2.24. The van der Waals surface area contributed by atoms with Crippen LogP contribution < -0.4 is 4.74 Å². The maximum absolute atomic E-state index is 11.2. The SMILES string of the molecule is CC(=O)c1ccc(O[C@@H]2O[C@@H](CO)[C@@H](O)[C@H](O)[C@H]2O)cc1. The molecule has 1 aliphatic heterocycles. The van der Waals surface area contributed by atoms with E-state index in [9.17, 15) is 20.1 Å². The molecule has 0 aromatic heterocycles. The van der Waals surface area contributed by atoms with Gasteiger partial charge in [-0.3, -0.25) is 4.79 Å². The predicted molar refractivity (Wildman–Crippen MR) is 70.8 cm³/mol. The van der Waals surface area contributed by atoms with Gasteiger partial charge in [-0.2, -0.15) is 0 Å². The van der Waals surface area contributed by atoms with Crippen LogP contribution in [-0.4, -0.2) is 63.5 Å². The molecule has 1 aromatic rings. The van der Waals surface area contributed by atoms with E-state index in [1.165, 1.54) is 19.1 Å². The summed E-state index contributed by atoms with van der Waals surface area (Å²) in [5.41, 5.74) is 0.510. The van der Waals surface area contributed by atoms with Crippen molar-refractivity contribution >= 4 is 5.78 Å². The first-order chi connectivity index (χ1) is 9.93. The third-order valence-electron chi connectivity index (χ3n) is 3.36. The summed E-state index contributed by atoms with van der Waals surface area (Å²) in [5.74, 6) is 0.235. The maximum Gasteiger partial charge on any atom is 0.229 e. The normalized spacial score (nSPS) is 32.7. The first-order valence-corrected chi connectivity index (χ1v) is 6.52. The fraction of sp³-hybridized carbons (Fsp3) is 0.500. The highest BCUT2D eigenvalue weighted by Gasteiger charge is 2.44. The van der Waals surface area contributed by atoms with Gasteiger partial charge in [0.15, 0.2) is 5.78 Å². The number of aliphatic hydroxyl groups is 4. The highest BCUT2D eigenvalue weighted by molar-refractivity contribution is 5.94. The molecule has 0 spiro atoms. The quantitative estimate of drug-likeness (QED) is 0.530. The number of carbonyl (C=O) groups is 1. The Bertz CT molecular complexity index is 485. The van der Waals surface area contributed by atoms with Gasteiger partial charge in [0.05, 0.1) is 6.61 Å². The average molecular weight is 298 g/mol. The van der Waals surface area contributed by atoms with Gasteiger partial charge in [-0.15, -0.1) is 0 Å². The monoisotopic (exact) mass is 298 g/mol. The van der Waals surface area contributed by atoms with Crippen LogP contribution in [0.25, 0.3) is 0 Å². The summed E-state index contributed by atoms with van der Waals surface area (Å²) in [5, 5.41) is 38.2. The van der Waals surface area contributed by atoms with Gasteiger partial charge in [-0.1, -0.05) is 0 Å². The first kappa shape index (κ1) is 15.9. The van der Waals surface area contributed by atoms with Crippen LogP contribution in [0.5, 0.6) is 5.75 Å². The molecular formula is C14H18O7. The molecule has 4 N–H and O–H groups in total. The Morgan fingerprint density at radius 1 is 1.14 bits per heavy atom. The number of aliphatic hydroxyl groups excluding tert-OH is 4. The largest absolute Gasteiger partial charge is 0.462 e. The average Bonchev–Trinajstić information content (AvgIpc) is 2.48. The van der Waals surface area contributed by atoms with E-state index in [0.717, 1.165) is 0 Å². The molecule has 5 atom stereocenters. The van der Waals surface area contributed by atoms with Crippen LogP contribution in [0.2, 0.25) is 0 Å². The van der Waals surface area contributed by atoms with E-state index in [4.69, 9.17) is 14.6 Å². The van der Waals surface area contributed by atoms with Crippen LogP contribution in [-0.2, 0) is 4.74 Å². The van der Waals surface area contributed by atoms with Crippen molar-refractivity contribution in [2.75, 3.05) is 6.61 Å². The molecule has 1 fully saturated rings. The van der Waals surface area contributed by atoms with E-state index in [2.05, 4.69) is 0 Å². The maximum atomic E-state index is 11.2. The number of ketones is 1. The number of benzene rings is 1. The molecule has 0 radical (unpaired) electrons. The minimum absolute atomic E-state index is 0.0885. The van der Waals surface area contributed by atoms with E-state index < -0.39 is 37.3 Å². The summed E-state index contributed by atoms with van der Waals surface area (Å²) in [6, 6.07) is 6.17. The topological polar surface area (TPSA) is 116 Å². The predicted octanol–water partition coefficient (Wildman–Crippen LogP) is -0.932. The fourth-order valence-corrected chi connectivity index (χ4v) is 2.07. The van der Waals surface area contributed by atoms with Gasteiger partial charge < -0.3 is 29.9 Å². The minimum atomic E-state index is -1.49. The molecule has 1 saturated heterocycles. The van der Waals surface area contributed by atoms with E-state index in [1.807, 2.05) is 0 Å². The van der Waals surface area contributed by atoms with Gasteiger partial charge >= 0.3 is 0 Å². The van der Waals surface area contributed by atoms with Gasteiger partial charge in [0.25, 0.3) is 0 Å². The Kier molecular flexibility index (Phi) is 4.92. The summed E-state index contributed by atoms with van der Waals surface area (Å²) >= 11 is 0.